The molecule has 28 heavy (non-hydrogen) atoms. The second-order valence-corrected chi connectivity index (χ2v) is 7.70. The number of rotatable bonds is 7. The van der Waals surface area contributed by atoms with E-state index in [4.69, 9.17) is 16.3 Å². The largest absolute Gasteiger partial charge is 0.468 e. The van der Waals surface area contributed by atoms with Crippen LogP contribution in [0, 0.1) is 11.8 Å². The summed E-state index contributed by atoms with van der Waals surface area (Å²) in [6, 6.07) is 16.1. The molecule has 1 aliphatic rings. The van der Waals surface area contributed by atoms with Crippen molar-refractivity contribution in [3.63, 3.8) is 0 Å². The summed E-state index contributed by atoms with van der Waals surface area (Å²) in [7, 11) is 1.39. The van der Waals surface area contributed by atoms with Gasteiger partial charge in [-0.05, 0) is 30.0 Å². The Kier molecular flexibility index (Phi) is 6.87. The number of ketones is 1. The molecular formula is C23H26ClNO3. The third-order valence-electron chi connectivity index (χ3n) is 5.52. The van der Waals surface area contributed by atoms with Crippen molar-refractivity contribution in [1.82, 2.24) is 5.32 Å². The number of nitrogens with one attached hydrogen (secondary N) is 1. The fraction of sp³-hybridized carbons (Fsp3) is 0.391. The number of halogens is 1. The molecule has 0 saturated carbocycles. The summed E-state index contributed by atoms with van der Waals surface area (Å²) >= 11 is 6.13. The van der Waals surface area contributed by atoms with Gasteiger partial charge >= 0.3 is 5.97 Å². The fourth-order valence-electron chi connectivity index (χ4n) is 4.18. The monoisotopic (exact) mass is 399 g/mol. The molecule has 3 rings (SSSR count). The van der Waals surface area contributed by atoms with E-state index in [-0.39, 0.29) is 29.6 Å². The highest BCUT2D eigenvalue weighted by atomic mass is 35.5. The van der Waals surface area contributed by atoms with Crippen LogP contribution in [0.2, 0.25) is 5.02 Å². The zero-order valence-electron chi connectivity index (χ0n) is 16.2. The molecule has 2 aromatic rings. The highest BCUT2D eigenvalue weighted by molar-refractivity contribution is 6.31. The molecule has 1 aliphatic heterocycles. The number of Topliss-reactive ketones (excluding diaryl/α,β-unsaturated/α-hetero) is 1. The zero-order chi connectivity index (χ0) is 20.1. The first-order valence-electron chi connectivity index (χ1n) is 9.75. The number of hydrogen-bond acceptors (Lipinski definition) is 4. The van der Waals surface area contributed by atoms with Crippen LogP contribution in [0.1, 0.15) is 48.1 Å². The molecule has 0 amide bonds. The minimum Gasteiger partial charge on any atom is -0.468 e. The Morgan fingerprint density at radius 2 is 1.86 bits per heavy atom. The van der Waals surface area contributed by atoms with Gasteiger partial charge in [0, 0.05) is 22.5 Å². The second kappa shape index (κ2) is 9.35. The van der Waals surface area contributed by atoms with E-state index >= 15 is 0 Å². The summed E-state index contributed by atoms with van der Waals surface area (Å²) in [6.07, 6.45) is 2.72. The molecule has 4 nitrogen and oxygen atoms in total. The molecule has 0 radical (unpaired) electrons. The van der Waals surface area contributed by atoms with Gasteiger partial charge in [0.25, 0.3) is 0 Å². The summed E-state index contributed by atoms with van der Waals surface area (Å²) < 4.78 is 5.05. The Morgan fingerprint density at radius 1 is 1.11 bits per heavy atom. The lowest BCUT2D eigenvalue weighted by molar-refractivity contribution is -0.144. The van der Waals surface area contributed by atoms with Gasteiger partial charge in [0.05, 0.1) is 7.11 Å². The van der Waals surface area contributed by atoms with Crippen LogP contribution in [0.3, 0.4) is 0 Å². The Balaban J connectivity index is 2.04. The van der Waals surface area contributed by atoms with Crippen molar-refractivity contribution in [1.29, 1.82) is 0 Å². The SMILES string of the molecule is CCCC[C@@H]1[C@@H](C(=O)c2cccc(Cl)c2)[C@H](c2ccccc2)N[C@@H]1C(=O)OC. The summed E-state index contributed by atoms with van der Waals surface area (Å²) in [6.45, 7) is 2.11. The van der Waals surface area contributed by atoms with Gasteiger partial charge in [0.2, 0.25) is 0 Å². The summed E-state index contributed by atoms with van der Waals surface area (Å²) in [5, 5.41) is 3.93. The smallest absolute Gasteiger partial charge is 0.323 e. The van der Waals surface area contributed by atoms with Gasteiger partial charge < -0.3 is 4.74 Å². The van der Waals surface area contributed by atoms with E-state index in [2.05, 4.69) is 12.2 Å². The number of hydrogen-bond donors (Lipinski definition) is 1. The molecule has 5 heteroatoms. The van der Waals surface area contributed by atoms with Crippen LogP contribution in [0.25, 0.3) is 0 Å². The average Bonchev–Trinajstić information content (AvgIpc) is 3.11. The normalized spacial score (nSPS) is 24.1. The first-order chi connectivity index (χ1) is 13.6. The van der Waals surface area contributed by atoms with E-state index in [9.17, 15) is 9.59 Å². The molecule has 0 spiro atoms. The lowest BCUT2D eigenvalue weighted by atomic mass is 9.77. The number of esters is 1. The molecule has 1 N–H and O–H groups in total. The third-order valence-corrected chi connectivity index (χ3v) is 5.76. The average molecular weight is 400 g/mol. The zero-order valence-corrected chi connectivity index (χ0v) is 17.0. The molecule has 0 unspecified atom stereocenters. The first kappa shape index (κ1) is 20.6. The minimum absolute atomic E-state index is 0.0105. The van der Waals surface area contributed by atoms with E-state index in [1.165, 1.54) is 7.11 Å². The van der Waals surface area contributed by atoms with Gasteiger partial charge in [-0.3, -0.25) is 14.9 Å². The fourth-order valence-corrected chi connectivity index (χ4v) is 4.37. The molecule has 0 aromatic heterocycles. The quantitative estimate of drug-likeness (QED) is 0.535. The minimum atomic E-state index is -0.505. The van der Waals surface area contributed by atoms with Crippen molar-refractivity contribution >= 4 is 23.4 Å². The Bertz CT molecular complexity index is 824. The molecular weight excluding hydrogens is 374 g/mol. The molecule has 4 atom stereocenters. The first-order valence-corrected chi connectivity index (χ1v) is 10.1. The van der Waals surface area contributed by atoms with Gasteiger partial charge in [-0.1, -0.05) is 73.8 Å². The van der Waals surface area contributed by atoms with E-state index in [1.54, 1.807) is 24.3 Å². The predicted octanol–water partition coefficient (Wildman–Crippen LogP) is 4.83. The maximum atomic E-state index is 13.6. The topological polar surface area (TPSA) is 55.4 Å². The number of ether oxygens (including phenoxy) is 1. The maximum Gasteiger partial charge on any atom is 0.323 e. The number of carbonyl (C=O) groups is 2. The van der Waals surface area contributed by atoms with Crippen LogP contribution in [-0.4, -0.2) is 24.9 Å². The van der Waals surface area contributed by atoms with Gasteiger partial charge in [0.15, 0.2) is 5.78 Å². The van der Waals surface area contributed by atoms with E-state index < -0.39 is 6.04 Å². The Labute approximate surface area is 171 Å². The van der Waals surface area contributed by atoms with Crippen LogP contribution in [0.15, 0.2) is 54.6 Å². The van der Waals surface area contributed by atoms with Crippen molar-refractivity contribution < 1.29 is 14.3 Å². The van der Waals surface area contributed by atoms with E-state index in [1.807, 2.05) is 30.3 Å². The maximum absolute atomic E-state index is 13.6. The number of methoxy groups -OCH3 is 1. The van der Waals surface area contributed by atoms with E-state index in [0.29, 0.717) is 10.6 Å². The van der Waals surface area contributed by atoms with Crippen molar-refractivity contribution in [3.8, 4) is 0 Å². The lowest BCUT2D eigenvalue weighted by Crippen LogP contribution is -2.37. The summed E-state index contributed by atoms with van der Waals surface area (Å²) in [5.74, 6) is -0.805. The molecule has 148 valence electrons. The highest BCUT2D eigenvalue weighted by Gasteiger charge is 2.49. The van der Waals surface area contributed by atoms with Gasteiger partial charge in [-0.15, -0.1) is 0 Å². The number of unbranched alkanes of at least 4 members (excludes halogenated alkanes) is 1. The molecule has 0 aliphatic carbocycles. The van der Waals surface area contributed by atoms with Gasteiger partial charge in [-0.25, -0.2) is 0 Å². The Hall–Kier alpha value is -2.17. The van der Waals surface area contributed by atoms with Crippen molar-refractivity contribution in [2.24, 2.45) is 11.8 Å². The lowest BCUT2D eigenvalue weighted by Gasteiger charge is -2.24. The molecule has 1 saturated heterocycles. The second-order valence-electron chi connectivity index (χ2n) is 7.26. The Morgan fingerprint density at radius 3 is 2.50 bits per heavy atom. The molecule has 2 aromatic carbocycles. The summed E-state index contributed by atoms with van der Waals surface area (Å²) in [5.41, 5.74) is 1.57. The highest BCUT2D eigenvalue weighted by Crippen LogP contribution is 2.42. The number of carbonyl (C=O) groups excluding carboxylic acids is 2. The van der Waals surface area contributed by atoms with Crippen LogP contribution in [-0.2, 0) is 9.53 Å². The van der Waals surface area contributed by atoms with Gasteiger partial charge in [0.1, 0.15) is 6.04 Å². The van der Waals surface area contributed by atoms with E-state index in [0.717, 1.165) is 24.8 Å². The predicted molar refractivity (Wildman–Crippen MR) is 110 cm³/mol. The standard InChI is InChI=1S/C23H26ClNO3/c1-3-4-13-18-19(22(26)16-11-8-12-17(24)14-16)20(15-9-6-5-7-10-15)25-21(18)23(27)28-2/h5-12,14,18-21,25H,3-4,13H2,1-2H3/t18-,19-,20+,21+/m1/s1. The third kappa shape index (κ3) is 4.29. The van der Waals surface area contributed by atoms with Crippen LogP contribution in [0.5, 0.6) is 0 Å². The van der Waals surface area contributed by atoms with Crippen molar-refractivity contribution in [2.45, 2.75) is 38.3 Å². The van der Waals surface area contributed by atoms with Crippen LogP contribution in [0.4, 0.5) is 0 Å². The van der Waals surface area contributed by atoms with Crippen LogP contribution >= 0.6 is 11.6 Å². The van der Waals surface area contributed by atoms with Crippen molar-refractivity contribution in [3.05, 3.63) is 70.7 Å². The summed E-state index contributed by atoms with van der Waals surface area (Å²) in [4.78, 5) is 26.1. The molecule has 0 bridgehead atoms. The van der Waals surface area contributed by atoms with Gasteiger partial charge in [-0.2, -0.15) is 0 Å². The van der Waals surface area contributed by atoms with Crippen LogP contribution < -0.4 is 5.32 Å². The molecule has 1 fully saturated rings. The molecule has 1 heterocycles. The van der Waals surface area contributed by atoms with Crippen molar-refractivity contribution in [2.75, 3.05) is 7.11 Å². The number of benzene rings is 2.